The smallest absolute Gasteiger partial charge is 0.236 e. The average Bonchev–Trinajstić information content (AvgIpc) is 2.00. The Balaban J connectivity index is 3.47. The number of amides is 1. The Morgan fingerprint density at radius 1 is 1.73 bits per heavy atom. The van der Waals surface area contributed by atoms with Crippen LogP contribution in [0.1, 0.15) is 19.8 Å². The molecule has 0 aromatic carbocycles. The first-order valence-corrected chi connectivity index (χ1v) is 3.86. The van der Waals surface area contributed by atoms with E-state index >= 15 is 0 Å². The van der Waals surface area contributed by atoms with Crippen molar-refractivity contribution < 1.29 is 9.90 Å². The molecule has 1 amide bonds. The molecule has 0 aliphatic rings. The number of rotatable bonds is 5. The normalized spacial score (nSPS) is 12.6. The van der Waals surface area contributed by atoms with Crippen LogP contribution >= 0.6 is 0 Å². The maximum atomic E-state index is 10.9. The second-order valence-electron chi connectivity index (χ2n) is 2.41. The van der Waals surface area contributed by atoms with Gasteiger partial charge in [-0.3, -0.25) is 4.79 Å². The lowest BCUT2D eigenvalue weighted by atomic mass is 10.2. The molecule has 1 atom stereocenters. The molecule has 0 aliphatic carbocycles. The van der Waals surface area contributed by atoms with Crippen LogP contribution in [0.5, 0.6) is 0 Å². The van der Waals surface area contributed by atoms with E-state index in [0.29, 0.717) is 6.42 Å². The van der Waals surface area contributed by atoms with E-state index < -0.39 is 6.04 Å². The molecular weight excluding hydrogens is 144 g/mol. The fourth-order valence-corrected chi connectivity index (χ4v) is 0.752. The van der Waals surface area contributed by atoms with Crippen molar-refractivity contribution in [2.24, 2.45) is 5.73 Å². The molecule has 66 valence electrons. The summed E-state index contributed by atoms with van der Waals surface area (Å²) in [6.45, 7) is 2.22. The number of carbonyl (C=O) groups is 1. The van der Waals surface area contributed by atoms with Crippen molar-refractivity contribution in [2.75, 3.05) is 13.2 Å². The number of nitrogens with one attached hydrogen (secondary N) is 1. The maximum absolute atomic E-state index is 10.9. The number of nitrogens with two attached hydrogens (primary N) is 1. The number of aliphatic hydroxyl groups excluding tert-OH is 1. The van der Waals surface area contributed by atoms with Crippen LogP contribution in [0.3, 0.4) is 0 Å². The van der Waals surface area contributed by atoms with Gasteiger partial charge in [0.15, 0.2) is 0 Å². The molecule has 0 saturated carbocycles. The van der Waals surface area contributed by atoms with Gasteiger partial charge < -0.3 is 16.2 Å². The van der Waals surface area contributed by atoms with Crippen LogP contribution in [-0.2, 0) is 4.79 Å². The molecule has 0 bridgehead atoms. The van der Waals surface area contributed by atoms with Crippen molar-refractivity contribution in [1.82, 2.24) is 5.32 Å². The van der Waals surface area contributed by atoms with Crippen LogP contribution in [0.2, 0.25) is 0 Å². The first kappa shape index (κ1) is 10.4. The molecule has 4 N–H and O–H groups in total. The molecule has 0 aromatic heterocycles. The van der Waals surface area contributed by atoms with Gasteiger partial charge >= 0.3 is 0 Å². The van der Waals surface area contributed by atoms with Gasteiger partial charge in [-0.1, -0.05) is 13.3 Å². The maximum Gasteiger partial charge on any atom is 0.236 e. The molecular formula is C7H16N2O2. The number of aliphatic hydroxyl groups is 1. The standard InChI is InChI=1S/C7H16N2O2/c1-2-3-6(8)7(11)9-4-5-10/h6,10H,2-5,8H2,1H3,(H,9,11)/t6-/m0/s1. The van der Waals surface area contributed by atoms with E-state index in [-0.39, 0.29) is 19.1 Å². The molecule has 0 radical (unpaired) electrons. The van der Waals surface area contributed by atoms with Crippen molar-refractivity contribution in [3.8, 4) is 0 Å². The van der Waals surface area contributed by atoms with Crippen molar-refractivity contribution >= 4 is 5.91 Å². The van der Waals surface area contributed by atoms with Crippen molar-refractivity contribution in [1.29, 1.82) is 0 Å². The second kappa shape index (κ2) is 6.12. The average molecular weight is 160 g/mol. The lowest BCUT2D eigenvalue weighted by molar-refractivity contribution is -0.122. The van der Waals surface area contributed by atoms with Crippen LogP contribution in [0, 0.1) is 0 Å². The van der Waals surface area contributed by atoms with E-state index in [2.05, 4.69) is 5.32 Å². The molecule has 11 heavy (non-hydrogen) atoms. The summed E-state index contributed by atoms with van der Waals surface area (Å²) in [5.41, 5.74) is 5.47. The van der Waals surface area contributed by atoms with Crippen LogP contribution < -0.4 is 11.1 Å². The monoisotopic (exact) mass is 160 g/mol. The Hall–Kier alpha value is -0.610. The summed E-state index contributed by atoms with van der Waals surface area (Å²) in [4.78, 5) is 10.9. The molecule has 0 fully saturated rings. The van der Waals surface area contributed by atoms with Gasteiger partial charge in [0.1, 0.15) is 0 Å². The Kier molecular flexibility index (Phi) is 5.78. The van der Waals surface area contributed by atoms with Crippen molar-refractivity contribution in [3.63, 3.8) is 0 Å². The number of hydrogen-bond donors (Lipinski definition) is 3. The zero-order valence-electron chi connectivity index (χ0n) is 6.84. The van der Waals surface area contributed by atoms with Crippen LogP contribution in [-0.4, -0.2) is 30.2 Å². The van der Waals surface area contributed by atoms with E-state index in [1.54, 1.807) is 0 Å². The van der Waals surface area contributed by atoms with Gasteiger partial charge in [0.05, 0.1) is 12.6 Å². The van der Waals surface area contributed by atoms with Crippen LogP contribution in [0.4, 0.5) is 0 Å². The van der Waals surface area contributed by atoms with Gasteiger partial charge in [-0.2, -0.15) is 0 Å². The van der Waals surface area contributed by atoms with Gasteiger partial charge in [-0.05, 0) is 6.42 Å². The predicted octanol–water partition coefficient (Wildman–Crippen LogP) is -0.778. The summed E-state index contributed by atoms with van der Waals surface area (Å²) in [5.74, 6) is -0.180. The summed E-state index contributed by atoms with van der Waals surface area (Å²) in [6, 6.07) is -0.424. The van der Waals surface area contributed by atoms with Crippen molar-refractivity contribution in [2.45, 2.75) is 25.8 Å². The predicted molar refractivity (Wildman–Crippen MR) is 43.0 cm³/mol. The third kappa shape index (κ3) is 4.75. The van der Waals surface area contributed by atoms with Crippen LogP contribution in [0.25, 0.3) is 0 Å². The summed E-state index contributed by atoms with van der Waals surface area (Å²) in [6.07, 6.45) is 1.59. The molecule has 0 unspecified atom stereocenters. The molecule has 0 aliphatic heterocycles. The summed E-state index contributed by atoms with van der Waals surface area (Å²) < 4.78 is 0. The molecule has 0 spiro atoms. The summed E-state index contributed by atoms with van der Waals surface area (Å²) in [7, 11) is 0. The molecule has 4 heteroatoms. The highest BCUT2D eigenvalue weighted by Crippen LogP contribution is 1.91. The molecule has 0 rings (SSSR count). The summed E-state index contributed by atoms with van der Waals surface area (Å²) in [5, 5.41) is 10.9. The van der Waals surface area contributed by atoms with Crippen LogP contribution in [0.15, 0.2) is 0 Å². The van der Waals surface area contributed by atoms with E-state index in [1.807, 2.05) is 6.92 Å². The zero-order chi connectivity index (χ0) is 8.69. The molecule has 4 nitrogen and oxygen atoms in total. The third-order valence-corrected chi connectivity index (χ3v) is 1.35. The van der Waals surface area contributed by atoms with Gasteiger partial charge in [-0.25, -0.2) is 0 Å². The van der Waals surface area contributed by atoms with E-state index in [1.165, 1.54) is 0 Å². The zero-order valence-corrected chi connectivity index (χ0v) is 6.84. The lowest BCUT2D eigenvalue weighted by Crippen LogP contribution is -2.41. The highest BCUT2D eigenvalue weighted by Gasteiger charge is 2.10. The van der Waals surface area contributed by atoms with Crippen molar-refractivity contribution in [3.05, 3.63) is 0 Å². The highest BCUT2D eigenvalue weighted by molar-refractivity contribution is 5.81. The minimum atomic E-state index is -0.424. The molecule has 0 saturated heterocycles. The lowest BCUT2D eigenvalue weighted by Gasteiger charge is -2.09. The SMILES string of the molecule is CCC[C@H](N)C(=O)NCCO. The van der Waals surface area contributed by atoms with Gasteiger partial charge in [-0.15, -0.1) is 0 Å². The summed E-state index contributed by atoms with van der Waals surface area (Å²) >= 11 is 0. The Bertz CT molecular complexity index is 117. The Morgan fingerprint density at radius 3 is 2.82 bits per heavy atom. The fraction of sp³-hybridized carbons (Fsp3) is 0.857. The third-order valence-electron chi connectivity index (χ3n) is 1.35. The number of carbonyl (C=O) groups excluding carboxylic acids is 1. The fourth-order valence-electron chi connectivity index (χ4n) is 0.752. The minimum Gasteiger partial charge on any atom is -0.395 e. The van der Waals surface area contributed by atoms with Gasteiger partial charge in [0.2, 0.25) is 5.91 Å². The number of hydrogen-bond acceptors (Lipinski definition) is 3. The Morgan fingerprint density at radius 2 is 2.36 bits per heavy atom. The van der Waals surface area contributed by atoms with E-state index in [4.69, 9.17) is 10.8 Å². The first-order chi connectivity index (χ1) is 5.22. The minimum absolute atomic E-state index is 0.0371. The highest BCUT2D eigenvalue weighted by atomic mass is 16.3. The quantitative estimate of drug-likeness (QED) is 0.494. The topological polar surface area (TPSA) is 75.4 Å². The largest absolute Gasteiger partial charge is 0.395 e. The molecule has 0 aromatic rings. The van der Waals surface area contributed by atoms with E-state index in [9.17, 15) is 4.79 Å². The van der Waals surface area contributed by atoms with Gasteiger partial charge in [0, 0.05) is 6.54 Å². The Labute approximate surface area is 66.8 Å². The first-order valence-electron chi connectivity index (χ1n) is 3.86. The van der Waals surface area contributed by atoms with E-state index in [0.717, 1.165) is 6.42 Å². The van der Waals surface area contributed by atoms with Gasteiger partial charge in [0.25, 0.3) is 0 Å². The molecule has 0 heterocycles. The second-order valence-corrected chi connectivity index (χ2v) is 2.41.